The number of amides is 1. The molecular weight excluding hydrogens is 365 g/mol. The smallest absolute Gasteiger partial charge is 0.248 e. The lowest BCUT2D eigenvalue weighted by Crippen LogP contribution is -2.56. The summed E-state index contributed by atoms with van der Waals surface area (Å²) in [6.07, 6.45) is 5.18. The average molecular weight is 394 g/mol. The van der Waals surface area contributed by atoms with Gasteiger partial charge in [-0.25, -0.2) is 0 Å². The van der Waals surface area contributed by atoms with Crippen LogP contribution < -0.4 is 10.6 Å². The van der Waals surface area contributed by atoms with E-state index >= 15 is 0 Å². The molecule has 2 saturated heterocycles. The van der Waals surface area contributed by atoms with Gasteiger partial charge in [0.15, 0.2) is 0 Å². The minimum atomic E-state index is -0.550. The summed E-state index contributed by atoms with van der Waals surface area (Å²) in [5, 5.41) is 10.8. The van der Waals surface area contributed by atoms with Crippen LogP contribution in [0.2, 0.25) is 0 Å². The van der Waals surface area contributed by atoms with Gasteiger partial charge < -0.3 is 15.4 Å². The predicted molar refractivity (Wildman–Crippen MR) is 102 cm³/mol. The van der Waals surface area contributed by atoms with E-state index in [2.05, 4.69) is 27.6 Å². The molecule has 0 aliphatic carbocycles. The number of nitrogens with one attached hydrogen (secondary N) is 2. The van der Waals surface area contributed by atoms with E-state index < -0.39 is 5.54 Å². The number of carbonyl (C=O) groups is 1. The van der Waals surface area contributed by atoms with Gasteiger partial charge in [-0.3, -0.25) is 14.4 Å². The van der Waals surface area contributed by atoms with Crippen LogP contribution in [0.1, 0.15) is 19.8 Å². The Morgan fingerprint density at radius 3 is 2.80 bits per heavy atom. The number of ether oxygens (including phenoxy) is 1. The van der Waals surface area contributed by atoms with Crippen molar-refractivity contribution >= 4 is 30.7 Å². The van der Waals surface area contributed by atoms with Crippen molar-refractivity contribution < 1.29 is 9.53 Å². The predicted octanol–water partition coefficient (Wildman–Crippen LogP) is 0.642. The summed E-state index contributed by atoms with van der Waals surface area (Å²) in [4.78, 5) is 15.3. The number of morpholine rings is 1. The van der Waals surface area contributed by atoms with Crippen LogP contribution in [0.4, 0.5) is 0 Å². The van der Waals surface area contributed by atoms with E-state index in [1.807, 2.05) is 16.9 Å². The summed E-state index contributed by atoms with van der Waals surface area (Å²) in [7, 11) is 0. The van der Waals surface area contributed by atoms with Gasteiger partial charge in [0.05, 0.1) is 13.2 Å². The first kappa shape index (κ1) is 22.2. The van der Waals surface area contributed by atoms with Crippen LogP contribution >= 0.6 is 24.8 Å². The zero-order chi connectivity index (χ0) is 16.1. The van der Waals surface area contributed by atoms with E-state index in [9.17, 15) is 4.79 Å². The maximum Gasteiger partial charge on any atom is 0.248 e. The Bertz CT molecular complexity index is 509. The summed E-state index contributed by atoms with van der Waals surface area (Å²) >= 11 is 0. The molecule has 7 nitrogen and oxygen atoms in total. The number of rotatable bonds is 5. The first-order chi connectivity index (χ1) is 11.2. The second-order valence-electron chi connectivity index (χ2n) is 6.45. The molecule has 25 heavy (non-hydrogen) atoms. The molecule has 0 saturated carbocycles. The maximum atomic E-state index is 12.9. The van der Waals surface area contributed by atoms with Gasteiger partial charge in [-0.05, 0) is 38.9 Å². The monoisotopic (exact) mass is 393 g/mol. The van der Waals surface area contributed by atoms with E-state index in [4.69, 9.17) is 4.74 Å². The second-order valence-corrected chi connectivity index (χ2v) is 6.45. The lowest BCUT2D eigenvalue weighted by atomic mass is 9.87. The normalized spacial score (nSPS) is 23.2. The highest BCUT2D eigenvalue weighted by molar-refractivity contribution is 5.85. The molecule has 2 fully saturated rings. The quantitative estimate of drug-likeness (QED) is 0.767. The van der Waals surface area contributed by atoms with Crippen molar-refractivity contribution in [3.8, 4) is 0 Å². The number of aromatic nitrogens is 2. The second kappa shape index (κ2) is 10.3. The zero-order valence-electron chi connectivity index (χ0n) is 14.6. The first-order valence-electron chi connectivity index (χ1n) is 8.53. The molecular formula is C16H29Cl2N5O2. The Hall–Kier alpha value is -0.860. The van der Waals surface area contributed by atoms with Gasteiger partial charge in [-0.15, -0.1) is 24.8 Å². The van der Waals surface area contributed by atoms with E-state index in [1.165, 1.54) is 0 Å². The molecule has 1 aromatic rings. The zero-order valence-corrected chi connectivity index (χ0v) is 16.3. The molecule has 2 aliphatic rings. The summed E-state index contributed by atoms with van der Waals surface area (Å²) < 4.78 is 7.29. The van der Waals surface area contributed by atoms with Crippen LogP contribution in [0, 0.1) is 0 Å². The average Bonchev–Trinajstić information content (AvgIpc) is 3.12. The van der Waals surface area contributed by atoms with Gasteiger partial charge in [0.2, 0.25) is 5.91 Å². The number of nitrogens with zero attached hydrogens (tertiary/aromatic N) is 3. The summed E-state index contributed by atoms with van der Waals surface area (Å²) in [6.45, 7) is 7.87. The largest absolute Gasteiger partial charge is 0.379 e. The molecule has 1 amide bonds. The maximum absolute atomic E-state index is 12.9. The van der Waals surface area contributed by atoms with Crippen molar-refractivity contribution in [1.29, 1.82) is 0 Å². The van der Waals surface area contributed by atoms with Gasteiger partial charge in [0, 0.05) is 38.1 Å². The van der Waals surface area contributed by atoms with Crippen molar-refractivity contribution in [3.63, 3.8) is 0 Å². The number of hydrogen-bond donors (Lipinski definition) is 2. The first-order valence-corrected chi connectivity index (χ1v) is 8.53. The van der Waals surface area contributed by atoms with Gasteiger partial charge in [0.25, 0.3) is 0 Å². The Balaban J connectivity index is 0.00000156. The molecule has 3 heterocycles. The van der Waals surface area contributed by atoms with Crippen LogP contribution in [0.3, 0.4) is 0 Å². The SMILES string of the molecule is CC1COCCN1CCNC(=O)C1(n2cccn2)CCNCC1.Cl.Cl. The molecule has 3 rings (SSSR count). The van der Waals surface area contributed by atoms with Crippen molar-refractivity contribution in [1.82, 2.24) is 25.3 Å². The highest BCUT2D eigenvalue weighted by atomic mass is 35.5. The topological polar surface area (TPSA) is 71.4 Å². The van der Waals surface area contributed by atoms with Crippen LogP contribution in [0.25, 0.3) is 0 Å². The van der Waals surface area contributed by atoms with Crippen molar-refractivity contribution in [3.05, 3.63) is 18.5 Å². The van der Waals surface area contributed by atoms with E-state index in [0.717, 1.165) is 52.2 Å². The van der Waals surface area contributed by atoms with Crippen LogP contribution in [-0.4, -0.2) is 72.6 Å². The molecule has 2 aliphatic heterocycles. The summed E-state index contributed by atoms with van der Waals surface area (Å²) in [5.74, 6) is 0.0867. The van der Waals surface area contributed by atoms with Gasteiger partial charge in [-0.2, -0.15) is 5.10 Å². The molecule has 144 valence electrons. The standard InChI is InChI=1S/C16H27N5O2.2ClH/c1-14-13-23-12-11-20(14)10-8-18-15(22)16(3-6-17-7-4-16)21-9-2-5-19-21;;/h2,5,9,14,17H,3-4,6-8,10-13H2,1H3,(H,18,22);2*1H. The van der Waals surface area contributed by atoms with Crippen molar-refractivity contribution in [2.24, 2.45) is 0 Å². The molecule has 0 bridgehead atoms. The molecule has 1 aromatic heterocycles. The minimum Gasteiger partial charge on any atom is -0.379 e. The third kappa shape index (κ3) is 5.08. The number of halogens is 2. The molecule has 2 N–H and O–H groups in total. The lowest BCUT2D eigenvalue weighted by molar-refractivity contribution is -0.132. The van der Waals surface area contributed by atoms with Crippen LogP contribution in [-0.2, 0) is 15.1 Å². The Morgan fingerprint density at radius 1 is 1.40 bits per heavy atom. The van der Waals surface area contributed by atoms with Crippen molar-refractivity contribution in [2.45, 2.75) is 31.3 Å². The fraction of sp³-hybridized carbons (Fsp3) is 0.750. The minimum absolute atomic E-state index is 0. The Labute approximate surface area is 161 Å². The Morgan fingerprint density at radius 2 is 2.16 bits per heavy atom. The molecule has 1 atom stereocenters. The lowest BCUT2D eigenvalue weighted by Gasteiger charge is -2.37. The van der Waals surface area contributed by atoms with Crippen LogP contribution in [0.15, 0.2) is 18.5 Å². The summed E-state index contributed by atoms with van der Waals surface area (Å²) in [5.41, 5.74) is -0.550. The van der Waals surface area contributed by atoms with E-state index in [1.54, 1.807) is 6.20 Å². The van der Waals surface area contributed by atoms with E-state index in [-0.39, 0.29) is 30.7 Å². The van der Waals surface area contributed by atoms with Gasteiger partial charge in [-0.1, -0.05) is 0 Å². The van der Waals surface area contributed by atoms with Crippen LogP contribution in [0.5, 0.6) is 0 Å². The van der Waals surface area contributed by atoms with Gasteiger partial charge >= 0.3 is 0 Å². The van der Waals surface area contributed by atoms with Gasteiger partial charge in [0.1, 0.15) is 5.54 Å². The molecule has 0 radical (unpaired) electrons. The molecule has 0 aromatic carbocycles. The summed E-state index contributed by atoms with van der Waals surface area (Å²) in [6, 6.07) is 2.30. The molecule has 1 unspecified atom stereocenters. The third-order valence-corrected chi connectivity index (χ3v) is 4.99. The van der Waals surface area contributed by atoms with E-state index in [0.29, 0.717) is 12.6 Å². The number of hydrogen-bond acceptors (Lipinski definition) is 5. The highest BCUT2D eigenvalue weighted by Gasteiger charge is 2.41. The number of carbonyl (C=O) groups excluding carboxylic acids is 1. The molecule has 0 spiro atoms. The fourth-order valence-corrected chi connectivity index (χ4v) is 3.49. The number of piperidine rings is 1. The molecule has 9 heteroatoms. The third-order valence-electron chi connectivity index (χ3n) is 4.99. The fourth-order valence-electron chi connectivity index (χ4n) is 3.49. The Kier molecular flexibility index (Phi) is 9.16. The van der Waals surface area contributed by atoms with Crippen molar-refractivity contribution in [2.75, 3.05) is 45.9 Å². The highest BCUT2D eigenvalue weighted by Crippen LogP contribution is 2.27.